The Balaban J connectivity index is 1.95. The number of likely N-dealkylation sites (tertiary alicyclic amines) is 1. The number of carbonyl (C=O) groups is 1. The van der Waals surface area contributed by atoms with Gasteiger partial charge in [0.2, 0.25) is 5.91 Å². The van der Waals surface area contributed by atoms with Gasteiger partial charge in [0, 0.05) is 40.3 Å². The Morgan fingerprint density at radius 1 is 1.13 bits per heavy atom. The molecule has 1 saturated heterocycles. The molecule has 0 radical (unpaired) electrons. The minimum atomic E-state index is -4.17. The van der Waals surface area contributed by atoms with E-state index in [2.05, 4.69) is 15.2 Å². The lowest BCUT2D eigenvalue weighted by Gasteiger charge is -2.28. The van der Waals surface area contributed by atoms with Crippen LogP contribution in [0.5, 0.6) is 0 Å². The van der Waals surface area contributed by atoms with Crippen LogP contribution in [0.3, 0.4) is 0 Å². The molecular formula is C21H38F3N5O. The highest BCUT2D eigenvalue weighted by molar-refractivity contribution is 5.85. The minimum absolute atomic E-state index is 0.0648. The molecule has 1 N–H and O–H groups in total. The number of carbonyl (C=O) groups excluding carboxylic acids is 1. The first-order valence-corrected chi connectivity index (χ1v) is 11.2. The molecular weight excluding hydrogens is 395 g/mol. The van der Waals surface area contributed by atoms with E-state index >= 15 is 0 Å². The number of nitrogens with zero attached hydrogens (tertiary/aromatic N) is 4. The fourth-order valence-electron chi connectivity index (χ4n) is 4.28. The summed E-state index contributed by atoms with van der Waals surface area (Å²) in [7, 11) is 3.41. The van der Waals surface area contributed by atoms with Gasteiger partial charge in [-0.1, -0.05) is 26.2 Å². The largest absolute Gasteiger partial charge is 0.401 e. The second-order valence-electron chi connectivity index (χ2n) is 8.86. The van der Waals surface area contributed by atoms with Crippen LogP contribution in [0, 0.1) is 11.8 Å². The highest BCUT2D eigenvalue weighted by Crippen LogP contribution is 2.24. The molecule has 0 aromatic heterocycles. The van der Waals surface area contributed by atoms with Gasteiger partial charge in [-0.05, 0) is 37.6 Å². The molecule has 0 aromatic rings. The van der Waals surface area contributed by atoms with E-state index < -0.39 is 12.7 Å². The highest BCUT2D eigenvalue weighted by atomic mass is 19.4. The molecule has 1 heterocycles. The van der Waals surface area contributed by atoms with Crippen molar-refractivity contribution in [2.45, 2.75) is 51.6 Å². The van der Waals surface area contributed by atoms with Crippen LogP contribution in [-0.4, -0.2) is 92.7 Å². The number of likely N-dealkylation sites (N-methyl/N-ethyl adjacent to an activating group) is 1. The van der Waals surface area contributed by atoms with E-state index in [0.717, 1.165) is 25.5 Å². The van der Waals surface area contributed by atoms with Crippen LogP contribution in [0.1, 0.15) is 45.4 Å². The van der Waals surface area contributed by atoms with Crippen molar-refractivity contribution < 1.29 is 18.0 Å². The van der Waals surface area contributed by atoms with E-state index in [1.54, 1.807) is 21.0 Å². The third-order valence-corrected chi connectivity index (χ3v) is 6.09. The molecule has 0 aromatic carbocycles. The smallest absolute Gasteiger partial charge is 0.356 e. The lowest BCUT2D eigenvalue weighted by atomic mass is 9.89. The van der Waals surface area contributed by atoms with Crippen molar-refractivity contribution in [1.29, 1.82) is 0 Å². The molecule has 1 atom stereocenters. The molecule has 1 saturated carbocycles. The second kappa shape index (κ2) is 11.8. The van der Waals surface area contributed by atoms with Gasteiger partial charge in [-0.15, -0.1) is 0 Å². The third-order valence-electron chi connectivity index (χ3n) is 6.09. The van der Waals surface area contributed by atoms with Gasteiger partial charge in [-0.2, -0.15) is 13.2 Å². The van der Waals surface area contributed by atoms with Crippen molar-refractivity contribution in [3.05, 3.63) is 0 Å². The molecule has 9 heteroatoms. The van der Waals surface area contributed by atoms with Crippen LogP contribution >= 0.6 is 0 Å². The van der Waals surface area contributed by atoms with E-state index in [1.165, 1.54) is 41.9 Å². The van der Waals surface area contributed by atoms with Gasteiger partial charge >= 0.3 is 6.18 Å². The number of nitrogens with one attached hydrogen (secondary N) is 1. The van der Waals surface area contributed by atoms with E-state index in [9.17, 15) is 18.0 Å². The molecule has 6 nitrogen and oxygen atoms in total. The first kappa shape index (κ1) is 24.8. The van der Waals surface area contributed by atoms with Gasteiger partial charge in [0.05, 0.1) is 6.54 Å². The lowest BCUT2D eigenvalue weighted by Crippen LogP contribution is -2.44. The zero-order chi connectivity index (χ0) is 22.1. The Morgan fingerprint density at radius 3 is 2.43 bits per heavy atom. The fraction of sp³-hybridized carbons (Fsp3) is 0.905. The SMILES string of the molecule is CCN(CC1CCN(C(=NCC(=O)N(C)C)NCC2CCCCC2)C1)CC(F)(F)F. The van der Waals surface area contributed by atoms with Crippen molar-refractivity contribution in [2.75, 3.05) is 59.9 Å². The normalized spacial score (nSPS) is 21.4. The van der Waals surface area contributed by atoms with Gasteiger partial charge in [-0.3, -0.25) is 9.69 Å². The molecule has 1 aliphatic heterocycles. The summed E-state index contributed by atoms with van der Waals surface area (Å²) in [6.07, 6.45) is 2.90. The number of hydrogen-bond acceptors (Lipinski definition) is 3. The molecule has 1 aliphatic carbocycles. The summed E-state index contributed by atoms with van der Waals surface area (Å²) in [6, 6.07) is 0. The summed E-state index contributed by atoms with van der Waals surface area (Å²) >= 11 is 0. The average Bonchev–Trinajstić information content (AvgIpc) is 3.15. The van der Waals surface area contributed by atoms with Crippen molar-refractivity contribution >= 4 is 11.9 Å². The van der Waals surface area contributed by atoms with E-state index in [4.69, 9.17) is 0 Å². The fourth-order valence-corrected chi connectivity index (χ4v) is 4.28. The van der Waals surface area contributed by atoms with Crippen molar-refractivity contribution in [2.24, 2.45) is 16.8 Å². The Labute approximate surface area is 178 Å². The quantitative estimate of drug-likeness (QED) is 0.473. The molecule has 30 heavy (non-hydrogen) atoms. The van der Waals surface area contributed by atoms with Crippen molar-refractivity contribution in [3.63, 3.8) is 0 Å². The molecule has 2 fully saturated rings. The van der Waals surface area contributed by atoms with Gasteiger partial charge < -0.3 is 15.1 Å². The Kier molecular flexibility index (Phi) is 9.71. The highest BCUT2D eigenvalue weighted by Gasteiger charge is 2.33. The van der Waals surface area contributed by atoms with Gasteiger partial charge in [0.25, 0.3) is 0 Å². The zero-order valence-corrected chi connectivity index (χ0v) is 18.7. The van der Waals surface area contributed by atoms with Crippen LogP contribution in [-0.2, 0) is 4.79 Å². The number of rotatable bonds is 8. The average molecular weight is 434 g/mol. The van der Waals surface area contributed by atoms with Crippen LogP contribution in [0.4, 0.5) is 13.2 Å². The van der Waals surface area contributed by atoms with Gasteiger partial charge in [-0.25, -0.2) is 4.99 Å². The van der Waals surface area contributed by atoms with Crippen molar-refractivity contribution in [3.8, 4) is 0 Å². The van der Waals surface area contributed by atoms with Crippen LogP contribution in [0.2, 0.25) is 0 Å². The summed E-state index contributed by atoms with van der Waals surface area (Å²) in [5.41, 5.74) is 0. The summed E-state index contributed by atoms with van der Waals surface area (Å²) < 4.78 is 38.3. The van der Waals surface area contributed by atoms with E-state index in [-0.39, 0.29) is 18.4 Å². The summed E-state index contributed by atoms with van der Waals surface area (Å²) in [5.74, 6) is 1.44. The Hall–Kier alpha value is -1.51. The predicted octanol–water partition coefficient (Wildman–Crippen LogP) is 2.81. The molecule has 0 bridgehead atoms. The second-order valence-corrected chi connectivity index (χ2v) is 8.86. The van der Waals surface area contributed by atoms with Crippen LogP contribution in [0.25, 0.3) is 0 Å². The Bertz CT molecular complexity index is 561. The molecule has 174 valence electrons. The predicted molar refractivity (Wildman–Crippen MR) is 113 cm³/mol. The molecule has 0 spiro atoms. The first-order chi connectivity index (χ1) is 14.2. The molecule has 2 aliphatic rings. The number of aliphatic imine (C=N–C) groups is 1. The van der Waals surface area contributed by atoms with Crippen LogP contribution in [0.15, 0.2) is 4.99 Å². The maximum Gasteiger partial charge on any atom is 0.401 e. The van der Waals surface area contributed by atoms with Gasteiger partial charge in [0.1, 0.15) is 6.54 Å². The maximum atomic E-state index is 12.8. The number of guanidine groups is 1. The maximum absolute atomic E-state index is 12.8. The molecule has 1 amide bonds. The summed E-state index contributed by atoms with van der Waals surface area (Å²) in [4.78, 5) is 21.7. The van der Waals surface area contributed by atoms with E-state index in [1.807, 2.05) is 0 Å². The minimum Gasteiger partial charge on any atom is -0.356 e. The number of halogens is 3. The van der Waals surface area contributed by atoms with Gasteiger partial charge in [0.15, 0.2) is 5.96 Å². The first-order valence-electron chi connectivity index (χ1n) is 11.2. The van der Waals surface area contributed by atoms with Crippen LogP contribution < -0.4 is 5.32 Å². The molecule has 1 unspecified atom stereocenters. The Morgan fingerprint density at radius 2 is 1.83 bits per heavy atom. The zero-order valence-electron chi connectivity index (χ0n) is 18.7. The third kappa shape index (κ3) is 8.70. The monoisotopic (exact) mass is 433 g/mol. The summed E-state index contributed by atoms with van der Waals surface area (Å²) in [5, 5.41) is 3.46. The molecule has 2 rings (SSSR count). The number of amides is 1. The number of alkyl halides is 3. The van der Waals surface area contributed by atoms with Crippen molar-refractivity contribution in [1.82, 2.24) is 20.0 Å². The number of hydrogen-bond donors (Lipinski definition) is 1. The summed E-state index contributed by atoms with van der Waals surface area (Å²) in [6.45, 7) is 4.05. The topological polar surface area (TPSA) is 51.2 Å². The van der Waals surface area contributed by atoms with E-state index in [0.29, 0.717) is 25.6 Å². The lowest BCUT2D eigenvalue weighted by molar-refractivity contribution is -0.146. The standard InChI is InChI=1S/C21H38F3N5O/c1-4-28(16-21(22,23)24)14-18-10-11-29(15-18)20(26-13-19(30)27(2)3)25-12-17-8-6-5-7-9-17/h17-18H,4-16H2,1-3H3,(H,25,26).